The van der Waals surface area contributed by atoms with E-state index < -0.39 is 0 Å². The molecule has 0 saturated carbocycles. The third-order valence-electron chi connectivity index (χ3n) is 4.17. The van der Waals surface area contributed by atoms with Crippen LogP contribution in [0.1, 0.15) is 11.1 Å². The fourth-order valence-corrected chi connectivity index (χ4v) is 2.98. The number of fused-ring (bicyclic) bond motifs is 2. The molecule has 0 amide bonds. The average molecular weight is 304 g/mol. The van der Waals surface area contributed by atoms with E-state index in [1.807, 2.05) is 6.08 Å². The van der Waals surface area contributed by atoms with Gasteiger partial charge < -0.3 is 0 Å². The van der Waals surface area contributed by atoms with Crippen LogP contribution >= 0.6 is 0 Å². The number of allylic oxidation sites excluding steroid dienone is 1. The monoisotopic (exact) mass is 304 g/mol. The zero-order chi connectivity index (χ0) is 16.2. The number of hydrogen-bond donors (Lipinski definition) is 0. The predicted molar refractivity (Wildman–Crippen MR) is 104 cm³/mol. The normalized spacial score (nSPS) is 10.8. The summed E-state index contributed by atoms with van der Waals surface area (Å²) >= 11 is 0. The van der Waals surface area contributed by atoms with Gasteiger partial charge in [0.25, 0.3) is 0 Å². The van der Waals surface area contributed by atoms with E-state index in [-0.39, 0.29) is 0 Å². The zero-order valence-corrected chi connectivity index (χ0v) is 13.2. The first-order chi connectivity index (χ1) is 11.9. The molecule has 0 spiro atoms. The Balaban J connectivity index is 1.67. The Morgan fingerprint density at radius 2 is 1.21 bits per heavy atom. The summed E-state index contributed by atoms with van der Waals surface area (Å²) in [6, 6.07) is 29.3. The van der Waals surface area contributed by atoms with Crippen molar-refractivity contribution in [2.45, 2.75) is 0 Å². The van der Waals surface area contributed by atoms with Gasteiger partial charge in [-0.05, 0) is 45.3 Å². The molecule has 0 radical (unpaired) electrons. The Labute approximate surface area is 142 Å². The lowest BCUT2D eigenvalue weighted by Crippen LogP contribution is -1.78. The molecule has 0 nitrogen and oxygen atoms in total. The van der Waals surface area contributed by atoms with Gasteiger partial charge in [0.05, 0.1) is 0 Å². The van der Waals surface area contributed by atoms with Gasteiger partial charge in [-0.15, -0.1) is 0 Å². The molecule has 4 rings (SSSR count). The Bertz CT molecular complexity index is 1090. The number of benzene rings is 4. The van der Waals surface area contributed by atoms with Gasteiger partial charge in [-0.1, -0.05) is 90.7 Å². The lowest BCUT2D eigenvalue weighted by atomic mass is 10.0. The fraction of sp³-hybridized carbons (Fsp3) is 0. The topological polar surface area (TPSA) is 0 Å². The zero-order valence-electron chi connectivity index (χ0n) is 13.2. The molecule has 112 valence electrons. The van der Waals surface area contributed by atoms with Crippen LogP contribution in [0.2, 0.25) is 0 Å². The average Bonchev–Trinajstić information content (AvgIpc) is 2.65. The SMILES string of the molecule is C(#Cc1cccc2ccccc12)C=Cc1cccc2ccccc12. The second-order valence-electron chi connectivity index (χ2n) is 5.70. The van der Waals surface area contributed by atoms with Gasteiger partial charge in [0.2, 0.25) is 0 Å². The van der Waals surface area contributed by atoms with Crippen LogP contribution in [-0.4, -0.2) is 0 Å². The second-order valence-corrected chi connectivity index (χ2v) is 5.70. The first-order valence-corrected chi connectivity index (χ1v) is 8.05. The summed E-state index contributed by atoms with van der Waals surface area (Å²) in [6.07, 6.45) is 4.02. The maximum Gasteiger partial charge on any atom is 0.0327 e. The lowest BCUT2D eigenvalue weighted by molar-refractivity contribution is 1.70. The number of hydrogen-bond acceptors (Lipinski definition) is 0. The van der Waals surface area contributed by atoms with Crippen molar-refractivity contribution in [3.63, 3.8) is 0 Å². The first kappa shape index (κ1) is 14.3. The molecule has 0 N–H and O–H groups in total. The summed E-state index contributed by atoms with van der Waals surface area (Å²) in [6.45, 7) is 0. The summed E-state index contributed by atoms with van der Waals surface area (Å²) in [5.74, 6) is 6.45. The van der Waals surface area contributed by atoms with Crippen molar-refractivity contribution in [1.29, 1.82) is 0 Å². The highest BCUT2D eigenvalue weighted by molar-refractivity contribution is 5.91. The molecular formula is C24H16. The largest absolute Gasteiger partial charge is 0.0696 e. The van der Waals surface area contributed by atoms with Crippen LogP contribution in [0.15, 0.2) is 91.0 Å². The van der Waals surface area contributed by atoms with Crippen molar-refractivity contribution in [2.75, 3.05) is 0 Å². The molecule has 0 aromatic heterocycles. The summed E-state index contributed by atoms with van der Waals surface area (Å²) < 4.78 is 0. The fourth-order valence-electron chi connectivity index (χ4n) is 2.98. The van der Waals surface area contributed by atoms with E-state index in [1.54, 1.807) is 0 Å². The van der Waals surface area contributed by atoms with Gasteiger partial charge in [0, 0.05) is 5.56 Å². The summed E-state index contributed by atoms with van der Waals surface area (Å²) in [5, 5.41) is 4.93. The molecule has 0 saturated heterocycles. The molecule has 0 atom stereocenters. The van der Waals surface area contributed by atoms with Crippen molar-refractivity contribution in [1.82, 2.24) is 0 Å². The quantitative estimate of drug-likeness (QED) is 0.375. The summed E-state index contributed by atoms with van der Waals surface area (Å²) in [5.41, 5.74) is 2.26. The van der Waals surface area contributed by atoms with Gasteiger partial charge in [-0.25, -0.2) is 0 Å². The highest BCUT2D eigenvalue weighted by Crippen LogP contribution is 2.20. The van der Waals surface area contributed by atoms with Crippen LogP contribution < -0.4 is 0 Å². The maximum atomic E-state index is 3.27. The smallest absolute Gasteiger partial charge is 0.0327 e. The Morgan fingerprint density at radius 1 is 0.583 bits per heavy atom. The Kier molecular flexibility index (Phi) is 3.84. The van der Waals surface area contributed by atoms with Crippen LogP contribution in [0.3, 0.4) is 0 Å². The van der Waals surface area contributed by atoms with Gasteiger partial charge in [-0.3, -0.25) is 0 Å². The third-order valence-corrected chi connectivity index (χ3v) is 4.17. The molecule has 0 bridgehead atoms. The Morgan fingerprint density at radius 3 is 2.04 bits per heavy atom. The van der Waals surface area contributed by atoms with Crippen molar-refractivity contribution in [3.05, 3.63) is 102 Å². The van der Waals surface area contributed by atoms with Crippen molar-refractivity contribution < 1.29 is 0 Å². The predicted octanol–water partition coefficient (Wildman–Crippen LogP) is 6.06. The van der Waals surface area contributed by atoms with E-state index in [9.17, 15) is 0 Å². The van der Waals surface area contributed by atoms with Crippen LogP contribution in [-0.2, 0) is 0 Å². The highest BCUT2D eigenvalue weighted by Gasteiger charge is 1.96. The minimum Gasteiger partial charge on any atom is -0.0696 e. The van der Waals surface area contributed by atoms with E-state index in [0.29, 0.717) is 0 Å². The molecule has 0 aliphatic carbocycles. The van der Waals surface area contributed by atoms with Crippen LogP contribution in [0.4, 0.5) is 0 Å². The summed E-state index contributed by atoms with van der Waals surface area (Å²) in [4.78, 5) is 0. The third kappa shape index (κ3) is 2.81. The van der Waals surface area contributed by atoms with Gasteiger partial charge in [-0.2, -0.15) is 0 Å². The maximum absolute atomic E-state index is 3.27. The minimum atomic E-state index is 1.07. The molecular weight excluding hydrogens is 288 g/mol. The lowest BCUT2D eigenvalue weighted by Gasteiger charge is -2.00. The molecule has 0 heterocycles. The van der Waals surface area contributed by atoms with Gasteiger partial charge in [0.1, 0.15) is 0 Å². The van der Waals surface area contributed by atoms with Crippen LogP contribution in [0, 0.1) is 11.8 Å². The van der Waals surface area contributed by atoms with E-state index in [2.05, 4.69) is 103 Å². The molecule has 24 heavy (non-hydrogen) atoms. The summed E-state index contributed by atoms with van der Waals surface area (Å²) in [7, 11) is 0. The highest BCUT2D eigenvalue weighted by atomic mass is 14.0. The van der Waals surface area contributed by atoms with E-state index in [0.717, 1.165) is 5.56 Å². The standard InChI is InChI=1S/C24H16/c1(9-19-13-7-15-21-11-3-5-17-23(19)21)2-10-20-14-8-16-22-12-4-6-18-24(20)22/h1,3-9,11-18H. The van der Waals surface area contributed by atoms with Crippen LogP contribution in [0.5, 0.6) is 0 Å². The molecule has 4 aromatic rings. The minimum absolute atomic E-state index is 1.07. The molecule has 4 aromatic carbocycles. The molecule has 0 aliphatic heterocycles. The van der Waals surface area contributed by atoms with E-state index in [1.165, 1.54) is 27.1 Å². The van der Waals surface area contributed by atoms with Crippen molar-refractivity contribution in [2.24, 2.45) is 0 Å². The number of rotatable bonds is 1. The van der Waals surface area contributed by atoms with Crippen molar-refractivity contribution >= 4 is 27.6 Å². The van der Waals surface area contributed by atoms with Crippen LogP contribution in [0.25, 0.3) is 27.6 Å². The first-order valence-electron chi connectivity index (χ1n) is 8.05. The van der Waals surface area contributed by atoms with E-state index >= 15 is 0 Å². The molecule has 0 fully saturated rings. The molecule has 0 heteroatoms. The molecule has 0 unspecified atom stereocenters. The van der Waals surface area contributed by atoms with Gasteiger partial charge >= 0.3 is 0 Å². The van der Waals surface area contributed by atoms with Crippen molar-refractivity contribution in [3.8, 4) is 11.8 Å². The Hall–Kier alpha value is -3.30. The van der Waals surface area contributed by atoms with Gasteiger partial charge in [0.15, 0.2) is 0 Å². The molecule has 0 aliphatic rings. The second kappa shape index (κ2) is 6.44. The van der Waals surface area contributed by atoms with E-state index in [4.69, 9.17) is 0 Å².